The molecule has 33 heavy (non-hydrogen) atoms. The van der Waals surface area contributed by atoms with Crippen molar-refractivity contribution in [1.82, 2.24) is 15.3 Å². The van der Waals surface area contributed by atoms with Crippen molar-refractivity contribution in [3.05, 3.63) is 77.8 Å². The van der Waals surface area contributed by atoms with Crippen LogP contribution in [0.2, 0.25) is 0 Å². The molecule has 10 heteroatoms. The Labute approximate surface area is 192 Å². The van der Waals surface area contributed by atoms with Gasteiger partial charge in [-0.3, -0.25) is 4.79 Å². The SMILES string of the molecule is COc1cc(CNC(=O)c2oc3ccccc3c2CSc2ncccn2)ccc1OC(F)F. The van der Waals surface area contributed by atoms with Crippen molar-refractivity contribution in [1.29, 1.82) is 0 Å². The second-order valence-corrected chi connectivity index (χ2v) is 7.71. The molecular weight excluding hydrogens is 452 g/mol. The Kier molecular flexibility index (Phi) is 7.04. The van der Waals surface area contributed by atoms with Crippen LogP contribution in [-0.2, 0) is 12.3 Å². The number of para-hydroxylation sites is 1. The molecule has 7 nitrogen and oxygen atoms in total. The molecule has 0 fully saturated rings. The molecule has 4 rings (SSSR count). The first kappa shape index (κ1) is 22.5. The summed E-state index contributed by atoms with van der Waals surface area (Å²) in [5, 5.41) is 4.23. The van der Waals surface area contributed by atoms with Crippen molar-refractivity contribution in [3.63, 3.8) is 0 Å². The molecule has 0 atom stereocenters. The maximum absolute atomic E-state index is 13.0. The summed E-state index contributed by atoms with van der Waals surface area (Å²) in [6.07, 6.45) is 3.31. The Bertz CT molecular complexity index is 1250. The summed E-state index contributed by atoms with van der Waals surface area (Å²) in [5.74, 6) is 0.303. The van der Waals surface area contributed by atoms with Gasteiger partial charge in [0.25, 0.3) is 5.91 Å². The monoisotopic (exact) mass is 471 g/mol. The average Bonchev–Trinajstić information content (AvgIpc) is 3.21. The quantitative estimate of drug-likeness (QED) is 0.270. The largest absolute Gasteiger partial charge is 0.493 e. The number of methoxy groups -OCH3 is 1. The van der Waals surface area contributed by atoms with Gasteiger partial charge in [0.1, 0.15) is 5.58 Å². The summed E-state index contributed by atoms with van der Waals surface area (Å²) >= 11 is 1.40. The van der Waals surface area contributed by atoms with Gasteiger partial charge in [0, 0.05) is 35.6 Å². The van der Waals surface area contributed by atoms with Gasteiger partial charge in [-0.25, -0.2) is 9.97 Å². The second kappa shape index (κ2) is 10.3. The number of rotatable bonds is 9. The highest BCUT2D eigenvalue weighted by Gasteiger charge is 2.21. The Morgan fingerprint density at radius 3 is 2.67 bits per heavy atom. The lowest BCUT2D eigenvalue weighted by Crippen LogP contribution is -2.23. The number of thioether (sulfide) groups is 1. The Hall–Kier alpha value is -3.66. The van der Waals surface area contributed by atoms with Crippen molar-refractivity contribution < 1.29 is 27.5 Å². The molecule has 4 aromatic rings. The van der Waals surface area contributed by atoms with Gasteiger partial charge in [0.05, 0.1) is 7.11 Å². The van der Waals surface area contributed by atoms with Crippen LogP contribution in [0.4, 0.5) is 8.78 Å². The van der Waals surface area contributed by atoms with Crippen LogP contribution in [0, 0.1) is 0 Å². The van der Waals surface area contributed by atoms with Gasteiger partial charge in [-0.2, -0.15) is 8.78 Å². The lowest BCUT2D eigenvalue weighted by molar-refractivity contribution is -0.0512. The predicted octanol–water partition coefficient (Wildman–Crippen LogP) is 5.06. The lowest BCUT2D eigenvalue weighted by atomic mass is 10.1. The fourth-order valence-corrected chi connectivity index (χ4v) is 4.03. The predicted molar refractivity (Wildman–Crippen MR) is 119 cm³/mol. The highest BCUT2D eigenvalue weighted by molar-refractivity contribution is 7.98. The molecule has 0 radical (unpaired) electrons. The number of nitrogens with zero attached hydrogens (tertiary/aromatic N) is 2. The number of nitrogens with one attached hydrogen (secondary N) is 1. The Morgan fingerprint density at radius 1 is 1.12 bits per heavy atom. The molecule has 0 spiro atoms. The van der Waals surface area contributed by atoms with E-state index in [1.807, 2.05) is 18.2 Å². The number of furan rings is 1. The zero-order valence-corrected chi connectivity index (χ0v) is 18.3. The molecule has 0 unspecified atom stereocenters. The lowest BCUT2D eigenvalue weighted by Gasteiger charge is -2.12. The van der Waals surface area contributed by atoms with Crippen molar-refractivity contribution in [2.45, 2.75) is 24.1 Å². The summed E-state index contributed by atoms with van der Waals surface area (Å²) in [6, 6.07) is 13.6. The van der Waals surface area contributed by atoms with Crippen LogP contribution in [0.15, 0.2) is 70.5 Å². The van der Waals surface area contributed by atoms with Crippen molar-refractivity contribution in [3.8, 4) is 11.5 Å². The number of amides is 1. The van der Waals surface area contributed by atoms with E-state index < -0.39 is 12.5 Å². The Balaban J connectivity index is 1.52. The van der Waals surface area contributed by atoms with Gasteiger partial charge in [0.15, 0.2) is 22.4 Å². The summed E-state index contributed by atoms with van der Waals surface area (Å²) in [7, 11) is 1.35. The maximum atomic E-state index is 13.0. The van der Waals surface area contributed by atoms with Gasteiger partial charge in [-0.15, -0.1) is 0 Å². The van der Waals surface area contributed by atoms with E-state index in [0.29, 0.717) is 22.1 Å². The first-order valence-electron chi connectivity index (χ1n) is 9.85. The van der Waals surface area contributed by atoms with E-state index in [1.165, 1.54) is 31.0 Å². The number of halogens is 2. The van der Waals surface area contributed by atoms with Crippen LogP contribution in [-0.4, -0.2) is 29.6 Å². The number of carbonyl (C=O) groups is 1. The van der Waals surface area contributed by atoms with Crippen LogP contribution in [0.25, 0.3) is 11.0 Å². The zero-order chi connectivity index (χ0) is 23.2. The van der Waals surface area contributed by atoms with Crippen molar-refractivity contribution in [2.24, 2.45) is 0 Å². The molecule has 0 bridgehead atoms. The minimum absolute atomic E-state index is 0.0812. The van der Waals surface area contributed by atoms with Crippen LogP contribution in [0.5, 0.6) is 11.5 Å². The van der Waals surface area contributed by atoms with Gasteiger partial charge >= 0.3 is 6.61 Å². The van der Waals surface area contributed by atoms with E-state index in [9.17, 15) is 13.6 Å². The number of ether oxygens (including phenoxy) is 2. The average molecular weight is 471 g/mol. The molecule has 2 aromatic carbocycles. The number of benzene rings is 2. The van der Waals surface area contributed by atoms with Gasteiger partial charge < -0.3 is 19.2 Å². The molecule has 0 saturated heterocycles. The number of aromatic nitrogens is 2. The maximum Gasteiger partial charge on any atom is 0.387 e. The minimum atomic E-state index is -2.96. The fraction of sp³-hybridized carbons (Fsp3) is 0.174. The van der Waals surface area contributed by atoms with E-state index >= 15 is 0 Å². The number of fused-ring (bicyclic) bond motifs is 1. The molecule has 2 heterocycles. The van der Waals surface area contributed by atoms with E-state index in [1.54, 1.807) is 30.6 Å². The first-order chi connectivity index (χ1) is 16.0. The van der Waals surface area contributed by atoms with E-state index in [2.05, 4.69) is 20.0 Å². The molecule has 170 valence electrons. The summed E-state index contributed by atoms with van der Waals surface area (Å²) in [4.78, 5) is 21.4. The Morgan fingerprint density at radius 2 is 1.91 bits per heavy atom. The molecule has 2 aromatic heterocycles. The van der Waals surface area contributed by atoms with E-state index in [-0.39, 0.29) is 23.8 Å². The molecule has 1 amide bonds. The van der Waals surface area contributed by atoms with Crippen LogP contribution >= 0.6 is 11.8 Å². The topological polar surface area (TPSA) is 86.5 Å². The van der Waals surface area contributed by atoms with Crippen LogP contribution in [0.1, 0.15) is 21.7 Å². The molecule has 0 aliphatic heterocycles. The van der Waals surface area contributed by atoms with Crippen LogP contribution in [0.3, 0.4) is 0 Å². The second-order valence-electron chi connectivity index (χ2n) is 6.77. The number of hydrogen-bond acceptors (Lipinski definition) is 7. The molecule has 0 saturated carbocycles. The zero-order valence-electron chi connectivity index (χ0n) is 17.5. The van der Waals surface area contributed by atoms with Gasteiger partial charge in [-0.05, 0) is 29.8 Å². The summed E-state index contributed by atoms with van der Waals surface area (Å²) in [6.45, 7) is -2.83. The molecule has 0 aliphatic rings. The third kappa shape index (κ3) is 5.40. The third-order valence-electron chi connectivity index (χ3n) is 4.69. The normalized spacial score (nSPS) is 11.0. The van der Waals surface area contributed by atoms with Gasteiger partial charge in [0.2, 0.25) is 0 Å². The number of hydrogen-bond donors (Lipinski definition) is 1. The van der Waals surface area contributed by atoms with E-state index in [0.717, 1.165) is 10.9 Å². The fourth-order valence-electron chi connectivity index (χ4n) is 3.20. The summed E-state index contributed by atoms with van der Waals surface area (Å²) in [5.41, 5.74) is 1.98. The smallest absolute Gasteiger partial charge is 0.387 e. The van der Waals surface area contributed by atoms with Gasteiger partial charge in [-0.1, -0.05) is 36.0 Å². The molecule has 0 aliphatic carbocycles. The number of carbonyl (C=O) groups excluding carboxylic acids is 1. The standard InChI is InChI=1S/C23H19F2N3O4S/c1-30-19-11-14(7-8-18(19)32-22(24)25)12-28-21(29)20-16(13-33-23-26-9-4-10-27-23)15-5-2-3-6-17(15)31-20/h2-11,22H,12-13H2,1H3,(H,28,29). The number of alkyl halides is 2. The van der Waals surface area contributed by atoms with Crippen LogP contribution < -0.4 is 14.8 Å². The van der Waals surface area contributed by atoms with Crippen molar-refractivity contribution in [2.75, 3.05) is 7.11 Å². The van der Waals surface area contributed by atoms with E-state index in [4.69, 9.17) is 9.15 Å². The summed E-state index contributed by atoms with van der Waals surface area (Å²) < 4.78 is 40.4. The van der Waals surface area contributed by atoms with Crippen molar-refractivity contribution >= 4 is 28.6 Å². The minimum Gasteiger partial charge on any atom is -0.493 e. The first-order valence-corrected chi connectivity index (χ1v) is 10.8. The highest BCUT2D eigenvalue weighted by Crippen LogP contribution is 2.32. The highest BCUT2D eigenvalue weighted by atomic mass is 32.2. The third-order valence-corrected chi connectivity index (χ3v) is 5.59. The molecular formula is C23H19F2N3O4S. The molecule has 1 N–H and O–H groups in total.